The number of para-hydroxylation sites is 1. The topological polar surface area (TPSA) is 3.24 Å². The van der Waals surface area contributed by atoms with E-state index >= 15 is 0 Å². The molecular weight excluding hydrogens is 449 g/mol. The number of thiophene rings is 1. The molecule has 1 aromatic heterocycles. The van der Waals surface area contributed by atoms with Crippen molar-refractivity contribution in [2.24, 2.45) is 0 Å². The Bertz CT molecular complexity index is 1850. The lowest BCUT2D eigenvalue weighted by molar-refractivity contribution is 0.628. The zero-order valence-corrected chi connectivity index (χ0v) is 19.6. The van der Waals surface area contributed by atoms with Gasteiger partial charge in [-0.15, -0.1) is 11.3 Å². The summed E-state index contributed by atoms with van der Waals surface area (Å²) in [6, 6.07) is 41.1. The molecular formula is C32H20FNS. The number of hydrogen-bond donors (Lipinski definition) is 0. The van der Waals surface area contributed by atoms with Crippen molar-refractivity contribution in [3.05, 3.63) is 127 Å². The molecule has 0 atom stereocenters. The van der Waals surface area contributed by atoms with Gasteiger partial charge >= 0.3 is 0 Å². The van der Waals surface area contributed by atoms with E-state index in [-0.39, 0.29) is 5.82 Å². The van der Waals surface area contributed by atoms with E-state index in [0.29, 0.717) is 0 Å². The minimum atomic E-state index is -0.238. The fraction of sp³-hybridized carbons (Fsp3) is 0. The van der Waals surface area contributed by atoms with E-state index in [1.165, 1.54) is 53.8 Å². The van der Waals surface area contributed by atoms with Gasteiger partial charge < -0.3 is 4.90 Å². The second-order valence-electron chi connectivity index (χ2n) is 8.76. The van der Waals surface area contributed by atoms with Crippen LogP contribution in [0.5, 0.6) is 0 Å². The van der Waals surface area contributed by atoms with Crippen molar-refractivity contribution in [1.29, 1.82) is 0 Å². The lowest BCUT2D eigenvalue weighted by atomic mass is 10.0. The van der Waals surface area contributed by atoms with Gasteiger partial charge in [-0.2, -0.15) is 0 Å². The molecule has 0 spiro atoms. The molecule has 0 unspecified atom stereocenters. The first-order valence-electron chi connectivity index (χ1n) is 11.6. The summed E-state index contributed by atoms with van der Waals surface area (Å²) in [6.07, 6.45) is 0. The number of rotatable bonds is 3. The van der Waals surface area contributed by atoms with Crippen LogP contribution in [-0.4, -0.2) is 0 Å². The number of nitrogens with zero attached hydrogens (tertiary/aromatic N) is 1. The van der Waals surface area contributed by atoms with Gasteiger partial charge in [0.25, 0.3) is 0 Å². The molecule has 0 saturated heterocycles. The summed E-state index contributed by atoms with van der Waals surface area (Å²) in [7, 11) is 0. The third-order valence-electron chi connectivity index (χ3n) is 6.66. The summed E-state index contributed by atoms with van der Waals surface area (Å²) in [5, 5.41) is 7.41. The summed E-state index contributed by atoms with van der Waals surface area (Å²) in [5.41, 5.74) is 3.04. The molecule has 7 rings (SSSR count). The van der Waals surface area contributed by atoms with Crippen LogP contribution in [0, 0.1) is 5.82 Å². The first kappa shape index (κ1) is 20.2. The number of halogens is 1. The summed E-state index contributed by atoms with van der Waals surface area (Å²) < 4.78 is 16.4. The van der Waals surface area contributed by atoms with Gasteiger partial charge in [-0.25, -0.2) is 4.39 Å². The third-order valence-corrected chi connectivity index (χ3v) is 7.87. The Balaban J connectivity index is 1.60. The summed E-state index contributed by atoms with van der Waals surface area (Å²) >= 11 is 1.85. The Morgan fingerprint density at radius 1 is 0.514 bits per heavy atom. The highest BCUT2D eigenvalue weighted by Crippen LogP contribution is 2.46. The average Bonchev–Trinajstić information content (AvgIpc) is 3.27. The minimum Gasteiger partial charge on any atom is -0.310 e. The highest BCUT2D eigenvalue weighted by molar-refractivity contribution is 7.26. The fourth-order valence-corrected chi connectivity index (χ4v) is 6.29. The van der Waals surface area contributed by atoms with Gasteiger partial charge in [0.05, 0.1) is 5.69 Å². The Kier molecular flexibility index (Phi) is 4.58. The Morgan fingerprint density at radius 3 is 1.91 bits per heavy atom. The summed E-state index contributed by atoms with van der Waals surface area (Å²) in [4.78, 5) is 2.23. The van der Waals surface area contributed by atoms with E-state index in [9.17, 15) is 4.39 Å². The monoisotopic (exact) mass is 469 g/mol. The van der Waals surface area contributed by atoms with Crippen LogP contribution >= 0.6 is 11.3 Å². The van der Waals surface area contributed by atoms with Crippen LogP contribution in [0.2, 0.25) is 0 Å². The van der Waals surface area contributed by atoms with Crippen LogP contribution < -0.4 is 4.90 Å². The Morgan fingerprint density at radius 2 is 1.14 bits per heavy atom. The van der Waals surface area contributed by atoms with Crippen LogP contribution in [0.3, 0.4) is 0 Å². The van der Waals surface area contributed by atoms with Crippen molar-refractivity contribution in [3.63, 3.8) is 0 Å². The molecule has 35 heavy (non-hydrogen) atoms. The molecule has 3 heteroatoms. The first-order valence-corrected chi connectivity index (χ1v) is 12.5. The number of fused-ring (bicyclic) bond motifs is 6. The third kappa shape index (κ3) is 3.28. The van der Waals surface area contributed by atoms with Crippen molar-refractivity contribution in [1.82, 2.24) is 0 Å². The van der Waals surface area contributed by atoms with Crippen molar-refractivity contribution in [2.75, 3.05) is 4.90 Å². The van der Waals surface area contributed by atoms with E-state index in [1.54, 1.807) is 0 Å². The maximum absolute atomic E-state index is 13.9. The predicted octanol–water partition coefficient (Wildman–Crippen LogP) is 9.97. The SMILES string of the molecule is Fc1ccc(N(c2ccccc2)c2cc3c4cc5ccccc5cc4sc3c3ccccc23)cc1. The zero-order valence-electron chi connectivity index (χ0n) is 18.8. The molecule has 7 aromatic rings. The van der Waals surface area contributed by atoms with E-state index in [4.69, 9.17) is 0 Å². The van der Waals surface area contributed by atoms with Crippen molar-refractivity contribution >= 4 is 70.1 Å². The number of hydrogen-bond acceptors (Lipinski definition) is 2. The molecule has 0 aliphatic rings. The molecule has 0 fully saturated rings. The zero-order chi connectivity index (χ0) is 23.4. The molecule has 6 aromatic carbocycles. The standard InChI is InChI=1S/C32H20FNS/c33-23-14-16-25(17-15-23)34(24-10-2-1-3-11-24)30-20-29-28-18-21-8-4-5-9-22(21)19-31(28)35-32(29)27-13-7-6-12-26(27)30/h1-20H. The number of anilines is 3. The van der Waals surface area contributed by atoms with Gasteiger partial charge in [0.1, 0.15) is 5.82 Å². The number of benzene rings is 6. The van der Waals surface area contributed by atoms with Gasteiger partial charge in [-0.1, -0.05) is 66.7 Å². The Labute approximate surface area is 206 Å². The van der Waals surface area contributed by atoms with E-state index < -0.39 is 0 Å². The molecule has 0 bridgehead atoms. The molecule has 0 amide bonds. The lowest BCUT2D eigenvalue weighted by Gasteiger charge is -2.27. The van der Waals surface area contributed by atoms with Crippen molar-refractivity contribution in [3.8, 4) is 0 Å². The van der Waals surface area contributed by atoms with Crippen LogP contribution in [-0.2, 0) is 0 Å². The molecule has 1 nitrogen and oxygen atoms in total. The first-order chi connectivity index (χ1) is 17.3. The fourth-order valence-electron chi connectivity index (χ4n) is 5.04. The van der Waals surface area contributed by atoms with Crippen LogP contribution in [0.25, 0.3) is 41.7 Å². The highest BCUT2D eigenvalue weighted by atomic mass is 32.1. The Hall–Kier alpha value is -4.21. The van der Waals surface area contributed by atoms with Crippen LogP contribution in [0.1, 0.15) is 0 Å². The van der Waals surface area contributed by atoms with E-state index in [1.807, 2.05) is 41.7 Å². The molecule has 1 heterocycles. The lowest BCUT2D eigenvalue weighted by Crippen LogP contribution is -2.10. The average molecular weight is 470 g/mol. The van der Waals surface area contributed by atoms with Gasteiger partial charge in [-0.3, -0.25) is 0 Å². The van der Waals surface area contributed by atoms with E-state index in [2.05, 4.69) is 83.8 Å². The van der Waals surface area contributed by atoms with Crippen molar-refractivity contribution < 1.29 is 4.39 Å². The molecule has 0 saturated carbocycles. The second kappa shape index (κ2) is 7.93. The van der Waals surface area contributed by atoms with Gasteiger partial charge in [0, 0.05) is 42.3 Å². The highest BCUT2D eigenvalue weighted by Gasteiger charge is 2.19. The largest absolute Gasteiger partial charge is 0.310 e. The minimum absolute atomic E-state index is 0.238. The second-order valence-corrected chi connectivity index (χ2v) is 9.82. The van der Waals surface area contributed by atoms with Crippen LogP contribution in [0.15, 0.2) is 121 Å². The maximum Gasteiger partial charge on any atom is 0.123 e. The van der Waals surface area contributed by atoms with Gasteiger partial charge in [0.2, 0.25) is 0 Å². The van der Waals surface area contributed by atoms with Crippen LogP contribution in [0.4, 0.5) is 21.5 Å². The normalized spacial score (nSPS) is 11.6. The maximum atomic E-state index is 13.9. The molecule has 166 valence electrons. The summed E-state index contributed by atoms with van der Waals surface area (Å²) in [5.74, 6) is -0.238. The molecule has 0 radical (unpaired) electrons. The van der Waals surface area contributed by atoms with E-state index in [0.717, 1.165) is 17.1 Å². The van der Waals surface area contributed by atoms with Gasteiger partial charge in [0.15, 0.2) is 0 Å². The quantitative estimate of drug-likeness (QED) is 0.249. The van der Waals surface area contributed by atoms with Gasteiger partial charge in [-0.05, 0) is 65.4 Å². The smallest absolute Gasteiger partial charge is 0.123 e. The van der Waals surface area contributed by atoms with Crippen molar-refractivity contribution in [2.45, 2.75) is 0 Å². The summed E-state index contributed by atoms with van der Waals surface area (Å²) in [6.45, 7) is 0. The predicted molar refractivity (Wildman–Crippen MR) is 149 cm³/mol. The molecule has 0 aliphatic carbocycles. The molecule has 0 N–H and O–H groups in total. The molecule has 0 aliphatic heterocycles.